The van der Waals surface area contributed by atoms with Crippen LogP contribution in [0.2, 0.25) is 0 Å². The maximum Gasteiger partial charge on any atom is 0.259 e. The molecule has 0 spiro atoms. The highest BCUT2D eigenvalue weighted by Gasteiger charge is 2.21. The van der Waals surface area contributed by atoms with Crippen LogP contribution in [-0.4, -0.2) is 55.6 Å². The first-order valence-electron chi connectivity index (χ1n) is 9.82. The van der Waals surface area contributed by atoms with Crippen molar-refractivity contribution in [2.45, 2.75) is 13.0 Å². The largest absolute Gasteiger partial charge is 0.461 e. The molecule has 10 heteroatoms. The normalized spacial score (nSPS) is 15.6. The molecule has 5 rings (SSSR count). The molecule has 1 fully saturated rings. The highest BCUT2D eigenvalue weighted by atomic mass is 19.1. The molecule has 3 aromatic heterocycles. The van der Waals surface area contributed by atoms with Gasteiger partial charge in [-0.25, -0.2) is 4.39 Å². The first kappa shape index (κ1) is 18.5. The summed E-state index contributed by atoms with van der Waals surface area (Å²) in [6, 6.07) is 10.5. The molecule has 1 saturated heterocycles. The van der Waals surface area contributed by atoms with Gasteiger partial charge in [0.1, 0.15) is 5.82 Å². The molecule has 0 amide bonds. The standard InChI is InChI=1S/C20H21FN8O/c21-15-6-2-1-5-14(15)13-27-8-4-9-28(11-10-27)19-24-18(22)29-20(25-19)23-17(26-29)16-7-3-12-30-16/h1-3,5-7,12H,4,8-11,13H2,(H2,22,23,24,25,26). The minimum atomic E-state index is -0.167. The van der Waals surface area contributed by atoms with Gasteiger partial charge in [0, 0.05) is 38.3 Å². The highest BCUT2D eigenvalue weighted by molar-refractivity contribution is 5.53. The number of hydrogen-bond acceptors (Lipinski definition) is 8. The van der Waals surface area contributed by atoms with Gasteiger partial charge < -0.3 is 15.1 Å². The van der Waals surface area contributed by atoms with Crippen LogP contribution in [0.25, 0.3) is 17.4 Å². The smallest absolute Gasteiger partial charge is 0.259 e. The average Bonchev–Trinajstić information content (AvgIpc) is 3.36. The van der Waals surface area contributed by atoms with Crippen molar-refractivity contribution in [2.75, 3.05) is 36.8 Å². The molecule has 4 heterocycles. The Balaban J connectivity index is 1.34. The molecule has 30 heavy (non-hydrogen) atoms. The predicted molar refractivity (Wildman–Crippen MR) is 109 cm³/mol. The van der Waals surface area contributed by atoms with Crippen molar-refractivity contribution in [2.24, 2.45) is 0 Å². The molecule has 9 nitrogen and oxygen atoms in total. The van der Waals surface area contributed by atoms with Crippen molar-refractivity contribution >= 4 is 17.7 Å². The van der Waals surface area contributed by atoms with Gasteiger partial charge in [0.05, 0.1) is 6.26 Å². The van der Waals surface area contributed by atoms with Crippen LogP contribution in [0.15, 0.2) is 47.1 Å². The molecular weight excluding hydrogens is 387 g/mol. The Kier molecular flexibility index (Phi) is 4.75. The van der Waals surface area contributed by atoms with Gasteiger partial charge in [-0.05, 0) is 24.6 Å². The average molecular weight is 408 g/mol. The van der Waals surface area contributed by atoms with E-state index in [0.717, 1.165) is 26.1 Å². The van der Waals surface area contributed by atoms with E-state index in [1.165, 1.54) is 10.6 Å². The van der Waals surface area contributed by atoms with Crippen LogP contribution >= 0.6 is 0 Å². The van der Waals surface area contributed by atoms with Crippen molar-refractivity contribution < 1.29 is 8.81 Å². The van der Waals surface area contributed by atoms with E-state index < -0.39 is 0 Å². The molecule has 0 unspecified atom stereocenters. The Morgan fingerprint density at radius 3 is 2.73 bits per heavy atom. The third-order valence-corrected chi connectivity index (χ3v) is 5.19. The quantitative estimate of drug-likeness (QED) is 0.548. The first-order chi connectivity index (χ1) is 14.7. The number of rotatable bonds is 4. The summed E-state index contributed by atoms with van der Waals surface area (Å²) in [5.41, 5.74) is 6.83. The summed E-state index contributed by atoms with van der Waals surface area (Å²) in [7, 11) is 0. The Bertz CT molecular complexity index is 1160. The zero-order valence-electron chi connectivity index (χ0n) is 16.3. The van der Waals surface area contributed by atoms with Crippen molar-refractivity contribution in [1.29, 1.82) is 0 Å². The zero-order valence-corrected chi connectivity index (χ0v) is 16.3. The summed E-state index contributed by atoms with van der Waals surface area (Å²) >= 11 is 0. The van der Waals surface area contributed by atoms with Crippen LogP contribution in [0.1, 0.15) is 12.0 Å². The molecule has 0 atom stereocenters. The lowest BCUT2D eigenvalue weighted by Gasteiger charge is -2.22. The molecule has 1 aliphatic rings. The van der Waals surface area contributed by atoms with Crippen molar-refractivity contribution in [3.63, 3.8) is 0 Å². The number of fused-ring (bicyclic) bond motifs is 1. The van der Waals surface area contributed by atoms with Crippen LogP contribution in [0.4, 0.5) is 16.3 Å². The lowest BCUT2D eigenvalue weighted by molar-refractivity contribution is 0.281. The van der Waals surface area contributed by atoms with Gasteiger partial charge in [0.2, 0.25) is 17.7 Å². The van der Waals surface area contributed by atoms with Gasteiger partial charge in [-0.2, -0.15) is 19.5 Å². The van der Waals surface area contributed by atoms with Gasteiger partial charge in [0.15, 0.2) is 5.76 Å². The van der Waals surface area contributed by atoms with E-state index in [2.05, 4.69) is 29.9 Å². The molecular formula is C20H21FN8O. The summed E-state index contributed by atoms with van der Waals surface area (Å²) in [4.78, 5) is 17.7. The molecule has 0 aliphatic carbocycles. The summed E-state index contributed by atoms with van der Waals surface area (Å²) in [6.45, 7) is 3.72. The fourth-order valence-electron chi connectivity index (χ4n) is 3.64. The number of furan rings is 1. The molecule has 1 aromatic carbocycles. The van der Waals surface area contributed by atoms with Crippen molar-refractivity contribution in [3.05, 3.63) is 54.0 Å². The zero-order chi connectivity index (χ0) is 20.5. The van der Waals surface area contributed by atoms with Gasteiger partial charge >= 0.3 is 0 Å². The van der Waals surface area contributed by atoms with Crippen molar-refractivity contribution in [3.8, 4) is 11.6 Å². The van der Waals surface area contributed by atoms with Gasteiger partial charge in [-0.3, -0.25) is 4.90 Å². The second kappa shape index (κ2) is 7.71. The Hall–Kier alpha value is -3.53. The van der Waals surface area contributed by atoms with Gasteiger partial charge in [-0.15, -0.1) is 5.10 Å². The van der Waals surface area contributed by atoms with E-state index in [0.29, 0.717) is 42.0 Å². The molecule has 154 valence electrons. The molecule has 1 aliphatic heterocycles. The van der Waals surface area contributed by atoms with Crippen LogP contribution in [-0.2, 0) is 6.54 Å². The number of halogens is 1. The second-order valence-electron chi connectivity index (χ2n) is 7.21. The van der Waals surface area contributed by atoms with E-state index in [9.17, 15) is 4.39 Å². The summed E-state index contributed by atoms with van der Waals surface area (Å²) in [5, 5.41) is 4.33. The summed E-state index contributed by atoms with van der Waals surface area (Å²) < 4.78 is 20.7. The molecule has 0 radical (unpaired) electrons. The van der Waals surface area contributed by atoms with Gasteiger partial charge in [-0.1, -0.05) is 18.2 Å². The number of nitrogens with two attached hydrogens (primary N) is 1. The number of benzene rings is 1. The number of hydrogen-bond donors (Lipinski definition) is 1. The lowest BCUT2D eigenvalue weighted by Crippen LogP contribution is -2.32. The maximum atomic E-state index is 14.0. The van der Waals surface area contributed by atoms with Crippen LogP contribution in [0, 0.1) is 5.82 Å². The predicted octanol–water partition coefficient (Wildman–Crippen LogP) is 2.21. The Morgan fingerprint density at radius 1 is 1.00 bits per heavy atom. The Morgan fingerprint density at radius 2 is 1.90 bits per heavy atom. The number of anilines is 2. The number of nitrogen functional groups attached to an aromatic ring is 1. The van der Waals surface area contributed by atoms with Crippen molar-refractivity contribution in [1.82, 2.24) is 29.5 Å². The van der Waals surface area contributed by atoms with E-state index >= 15 is 0 Å². The van der Waals surface area contributed by atoms with E-state index in [-0.39, 0.29) is 11.8 Å². The summed E-state index contributed by atoms with van der Waals surface area (Å²) in [6.07, 6.45) is 2.47. The molecule has 0 saturated carbocycles. The topological polar surface area (TPSA) is 102 Å². The van der Waals surface area contributed by atoms with Crippen LogP contribution < -0.4 is 10.6 Å². The summed E-state index contributed by atoms with van der Waals surface area (Å²) in [5.74, 6) is 1.89. The van der Waals surface area contributed by atoms with E-state index in [1.807, 2.05) is 12.1 Å². The third-order valence-electron chi connectivity index (χ3n) is 5.19. The Labute approximate surface area is 172 Å². The number of aromatic nitrogens is 5. The van der Waals surface area contributed by atoms with E-state index in [1.54, 1.807) is 24.5 Å². The monoisotopic (exact) mass is 408 g/mol. The van der Waals surface area contributed by atoms with Crippen LogP contribution in [0.5, 0.6) is 0 Å². The minimum absolute atomic E-state index is 0.167. The third kappa shape index (κ3) is 3.57. The lowest BCUT2D eigenvalue weighted by atomic mass is 10.2. The van der Waals surface area contributed by atoms with Crippen LogP contribution in [0.3, 0.4) is 0 Å². The molecule has 4 aromatic rings. The maximum absolute atomic E-state index is 14.0. The fourth-order valence-corrected chi connectivity index (χ4v) is 3.64. The van der Waals surface area contributed by atoms with E-state index in [4.69, 9.17) is 10.2 Å². The minimum Gasteiger partial charge on any atom is -0.461 e. The fraction of sp³-hybridized carbons (Fsp3) is 0.300. The molecule has 2 N–H and O–H groups in total. The first-order valence-corrected chi connectivity index (χ1v) is 9.82. The van der Waals surface area contributed by atoms with Gasteiger partial charge in [0.25, 0.3) is 5.78 Å². The second-order valence-corrected chi connectivity index (χ2v) is 7.21. The highest BCUT2D eigenvalue weighted by Crippen LogP contribution is 2.20. The molecule has 0 bridgehead atoms. The SMILES string of the molecule is Nc1nc(N2CCCN(Cc3ccccc3F)CC2)nc2nc(-c3ccco3)nn12. The number of nitrogens with zero attached hydrogens (tertiary/aromatic N) is 7.